The summed E-state index contributed by atoms with van der Waals surface area (Å²) in [6.45, 7) is 0. The lowest BCUT2D eigenvalue weighted by Gasteiger charge is -1.92. The Morgan fingerprint density at radius 3 is 3.25 bits per heavy atom. The van der Waals surface area contributed by atoms with Gasteiger partial charge in [0.15, 0.2) is 0 Å². The summed E-state index contributed by atoms with van der Waals surface area (Å²) in [5.74, 6) is 0. The van der Waals surface area contributed by atoms with E-state index in [0.717, 1.165) is 15.8 Å². The first-order valence-electron chi connectivity index (χ1n) is 3.59. The van der Waals surface area contributed by atoms with E-state index in [4.69, 9.17) is 5.26 Å². The normalized spacial score (nSPS) is 9.92. The molecular formula is C9H6N2S. The molecule has 12 heavy (non-hydrogen) atoms. The smallest absolute Gasteiger partial charge is 0.0812 e. The van der Waals surface area contributed by atoms with E-state index in [9.17, 15) is 0 Å². The molecule has 0 aliphatic carbocycles. The monoisotopic (exact) mass is 174 g/mol. The fourth-order valence-electron chi connectivity index (χ4n) is 1.10. The molecule has 58 valence electrons. The zero-order valence-corrected chi connectivity index (χ0v) is 7.14. The van der Waals surface area contributed by atoms with Crippen LogP contribution in [0.5, 0.6) is 0 Å². The van der Waals surface area contributed by atoms with Crippen LogP contribution < -0.4 is 0 Å². The first kappa shape index (κ1) is 7.26. The summed E-state index contributed by atoms with van der Waals surface area (Å²) in [7, 11) is 0. The van der Waals surface area contributed by atoms with Gasteiger partial charge in [0.1, 0.15) is 0 Å². The van der Waals surface area contributed by atoms with Crippen LogP contribution in [-0.4, -0.2) is 4.98 Å². The Labute approximate surface area is 74.1 Å². The van der Waals surface area contributed by atoms with Crippen LogP contribution in [0.15, 0.2) is 23.7 Å². The number of fused-ring (bicyclic) bond motifs is 1. The van der Waals surface area contributed by atoms with Crippen molar-refractivity contribution in [3.63, 3.8) is 0 Å². The number of benzene rings is 1. The Balaban J connectivity index is 2.54. The molecular weight excluding hydrogens is 168 g/mol. The van der Waals surface area contributed by atoms with E-state index < -0.39 is 0 Å². The number of aromatic nitrogens is 1. The largest absolute Gasteiger partial charge is 0.245 e. The molecule has 0 unspecified atom stereocenters. The maximum absolute atomic E-state index is 8.48. The van der Waals surface area contributed by atoms with Crippen LogP contribution in [-0.2, 0) is 6.42 Å². The van der Waals surface area contributed by atoms with Gasteiger partial charge >= 0.3 is 0 Å². The van der Waals surface area contributed by atoms with Gasteiger partial charge in [-0.3, -0.25) is 0 Å². The second-order valence-electron chi connectivity index (χ2n) is 2.49. The van der Waals surface area contributed by atoms with Gasteiger partial charge in [0.05, 0.1) is 28.2 Å². The lowest BCUT2D eigenvalue weighted by Crippen LogP contribution is -1.79. The topological polar surface area (TPSA) is 36.7 Å². The molecule has 0 saturated heterocycles. The van der Waals surface area contributed by atoms with Crippen LogP contribution in [0.1, 0.15) is 5.56 Å². The van der Waals surface area contributed by atoms with Crippen molar-refractivity contribution in [3.8, 4) is 6.07 Å². The molecule has 0 atom stereocenters. The highest BCUT2D eigenvalue weighted by Gasteiger charge is 1.97. The Hall–Kier alpha value is -1.40. The van der Waals surface area contributed by atoms with Gasteiger partial charge in [-0.1, -0.05) is 6.07 Å². The van der Waals surface area contributed by atoms with Crippen molar-refractivity contribution >= 4 is 21.6 Å². The fourth-order valence-corrected chi connectivity index (χ4v) is 1.84. The molecule has 1 aromatic heterocycles. The molecule has 0 aliphatic rings. The van der Waals surface area contributed by atoms with Gasteiger partial charge in [-0.05, 0) is 17.7 Å². The summed E-state index contributed by atoms with van der Waals surface area (Å²) < 4.78 is 1.16. The zero-order chi connectivity index (χ0) is 8.39. The third-order valence-electron chi connectivity index (χ3n) is 1.68. The van der Waals surface area contributed by atoms with Crippen LogP contribution >= 0.6 is 11.3 Å². The quantitative estimate of drug-likeness (QED) is 0.665. The van der Waals surface area contributed by atoms with Crippen LogP contribution in [0.3, 0.4) is 0 Å². The second-order valence-corrected chi connectivity index (χ2v) is 3.38. The van der Waals surface area contributed by atoms with Gasteiger partial charge < -0.3 is 0 Å². The predicted molar refractivity (Wildman–Crippen MR) is 48.9 cm³/mol. The number of thiazole rings is 1. The molecule has 0 saturated carbocycles. The highest BCUT2D eigenvalue weighted by Crippen LogP contribution is 2.18. The van der Waals surface area contributed by atoms with Gasteiger partial charge in [0.25, 0.3) is 0 Å². The van der Waals surface area contributed by atoms with E-state index in [1.165, 1.54) is 0 Å². The van der Waals surface area contributed by atoms with Gasteiger partial charge in [0, 0.05) is 0 Å². The van der Waals surface area contributed by atoms with Gasteiger partial charge in [-0.25, -0.2) is 4.98 Å². The first-order valence-corrected chi connectivity index (χ1v) is 4.47. The van der Waals surface area contributed by atoms with Crippen molar-refractivity contribution < 1.29 is 0 Å². The molecule has 0 fully saturated rings. The summed E-state index contributed by atoms with van der Waals surface area (Å²) in [6, 6.07) is 8.06. The van der Waals surface area contributed by atoms with E-state index in [-0.39, 0.29) is 0 Å². The molecule has 1 aromatic carbocycles. The number of hydrogen-bond acceptors (Lipinski definition) is 3. The third-order valence-corrected chi connectivity index (χ3v) is 2.47. The molecule has 0 amide bonds. The summed E-state index contributed by atoms with van der Waals surface area (Å²) in [5, 5.41) is 8.48. The average molecular weight is 174 g/mol. The van der Waals surface area contributed by atoms with Crippen molar-refractivity contribution in [2.75, 3.05) is 0 Å². The predicted octanol–water partition coefficient (Wildman–Crippen LogP) is 2.36. The number of nitriles is 1. The molecule has 0 N–H and O–H groups in total. The Bertz CT molecular complexity index is 439. The Morgan fingerprint density at radius 2 is 2.42 bits per heavy atom. The molecule has 2 rings (SSSR count). The standard InChI is InChI=1S/C9H6N2S/c10-4-3-7-1-2-8-9(5-7)12-6-11-8/h1-2,5-6H,3H2. The van der Waals surface area contributed by atoms with Crippen LogP contribution in [0.4, 0.5) is 0 Å². The van der Waals surface area contributed by atoms with Crippen molar-refractivity contribution in [2.45, 2.75) is 6.42 Å². The first-order chi connectivity index (χ1) is 5.90. The maximum atomic E-state index is 8.48. The van der Waals surface area contributed by atoms with Crippen molar-refractivity contribution in [3.05, 3.63) is 29.3 Å². The molecule has 1 heterocycles. The summed E-state index contributed by atoms with van der Waals surface area (Å²) >= 11 is 1.61. The second kappa shape index (κ2) is 2.92. The van der Waals surface area contributed by atoms with Crippen molar-refractivity contribution in [1.82, 2.24) is 4.98 Å². The Morgan fingerprint density at radius 1 is 1.50 bits per heavy atom. The van der Waals surface area contributed by atoms with Crippen molar-refractivity contribution in [2.24, 2.45) is 0 Å². The van der Waals surface area contributed by atoms with Crippen LogP contribution in [0.2, 0.25) is 0 Å². The SMILES string of the molecule is N#CCc1ccc2ncsc2c1. The molecule has 0 radical (unpaired) electrons. The zero-order valence-electron chi connectivity index (χ0n) is 6.32. The summed E-state index contributed by atoms with van der Waals surface area (Å²) in [6.07, 6.45) is 0.480. The van der Waals surface area contributed by atoms with Gasteiger partial charge in [0.2, 0.25) is 0 Å². The minimum atomic E-state index is 0.480. The number of rotatable bonds is 1. The third kappa shape index (κ3) is 1.17. The molecule has 0 spiro atoms. The number of hydrogen-bond donors (Lipinski definition) is 0. The number of nitrogens with zero attached hydrogens (tertiary/aromatic N) is 2. The van der Waals surface area contributed by atoms with E-state index in [1.807, 2.05) is 23.7 Å². The minimum absolute atomic E-state index is 0.480. The lowest BCUT2D eigenvalue weighted by molar-refractivity contribution is 1.27. The van der Waals surface area contributed by atoms with Gasteiger partial charge in [-0.15, -0.1) is 11.3 Å². The average Bonchev–Trinajstić information content (AvgIpc) is 2.51. The highest BCUT2D eigenvalue weighted by atomic mass is 32.1. The lowest BCUT2D eigenvalue weighted by atomic mass is 10.2. The maximum Gasteiger partial charge on any atom is 0.0812 e. The van der Waals surface area contributed by atoms with Crippen LogP contribution in [0.25, 0.3) is 10.2 Å². The molecule has 2 aromatic rings. The molecule has 0 bridgehead atoms. The molecule has 3 heteroatoms. The molecule has 0 aliphatic heterocycles. The highest BCUT2D eigenvalue weighted by molar-refractivity contribution is 7.16. The van der Waals surface area contributed by atoms with Gasteiger partial charge in [-0.2, -0.15) is 5.26 Å². The Kier molecular flexibility index (Phi) is 1.77. The van der Waals surface area contributed by atoms with E-state index in [1.54, 1.807) is 11.3 Å². The minimum Gasteiger partial charge on any atom is -0.245 e. The summed E-state index contributed by atoms with van der Waals surface area (Å²) in [5.41, 5.74) is 3.90. The summed E-state index contributed by atoms with van der Waals surface area (Å²) in [4.78, 5) is 4.16. The fraction of sp³-hybridized carbons (Fsp3) is 0.111. The van der Waals surface area contributed by atoms with E-state index in [0.29, 0.717) is 6.42 Å². The van der Waals surface area contributed by atoms with Crippen molar-refractivity contribution in [1.29, 1.82) is 5.26 Å². The van der Waals surface area contributed by atoms with E-state index >= 15 is 0 Å². The molecule has 2 nitrogen and oxygen atoms in total. The van der Waals surface area contributed by atoms with Crippen LogP contribution in [0, 0.1) is 11.3 Å². The van der Waals surface area contributed by atoms with E-state index in [2.05, 4.69) is 11.1 Å².